The summed E-state index contributed by atoms with van der Waals surface area (Å²) in [6.45, 7) is 7.77. The highest BCUT2D eigenvalue weighted by Crippen LogP contribution is 2.02. The minimum absolute atomic E-state index is 0.0596. The van der Waals surface area contributed by atoms with Gasteiger partial charge in [-0.15, -0.1) is 0 Å². The molecule has 18 heavy (non-hydrogen) atoms. The number of hydrogen-bond acceptors (Lipinski definition) is 3. The minimum Gasteiger partial charge on any atom is -0.357 e. The van der Waals surface area contributed by atoms with Gasteiger partial charge in [-0.05, 0) is 31.8 Å². The van der Waals surface area contributed by atoms with Crippen LogP contribution in [-0.2, 0) is 9.59 Å². The maximum Gasteiger partial charge on any atom is 0.242 e. The van der Waals surface area contributed by atoms with E-state index >= 15 is 0 Å². The number of nitrogens with one attached hydrogen (secondary N) is 3. The second-order valence-electron chi connectivity index (χ2n) is 4.76. The lowest BCUT2D eigenvalue weighted by Crippen LogP contribution is -2.48. The van der Waals surface area contributed by atoms with Gasteiger partial charge < -0.3 is 16.0 Å². The SMILES string of the molecule is CCCNCCCC(=O)N[C@H](C(=O)NC)C(C)C. The Balaban J connectivity index is 3.92. The zero-order valence-electron chi connectivity index (χ0n) is 12.0. The largest absolute Gasteiger partial charge is 0.357 e. The number of likely N-dealkylation sites (N-methyl/N-ethyl adjacent to an activating group) is 1. The summed E-state index contributed by atoms with van der Waals surface area (Å²) in [7, 11) is 1.58. The topological polar surface area (TPSA) is 70.2 Å². The van der Waals surface area contributed by atoms with Gasteiger partial charge in [-0.25, -0.2) is 0 Å². The first-order valence-electron chi connectivity index (χ1n) is 6.74. The molecular formula is C13H27N3O2. The molecule has 0 rings (SSSR count). The van der Waals surface area contributed by atoms with Crippen LogP contribution in [0.1, 0.15) is 40.0 Å². The summed E-state index contributed by atoms with van der Waals surface area (Å²) in [6.07, 6.45) is 2.35. The highest BCUT2D eigenvalue weighted by molar-refractivity contribution is 5.87. The van der Waals surface area contributed by atoms with Crippen LogP contribution in [-0.4, -0.2) is 38.0 Å². The average Bonchev–Trinajstić information content (AvgIpc) is 2.34. The summed E-state index contributed by atoms with van der Waals surface area (Å²) < 4.78 is 0. The van der Waals surface area contributed by atoms with Crippen molar-refractivity contribution in [2.45, 2.75) is 46.1 Å². The predicted molar refractivity (Wildman–Crippen MR) is 73.2 cm³/mol. The first kappa shape index (κ1) is 16.9. The lowest BCUT2D eigenvalue weighted by molar-refractivity contribution is -0.129. The van der Waals surface area contributed by atoms with E-state index in [-0.39, 0.29) is 17.7 Å². The van der Waals surface area contributed by atoms with Crippen LogP contribution in [0.15, 0.2) is 0 Å². The number of amides is 2. The molecule has 0 aromatic rings. The van der Waals surface area contributed by atoms with E-state index in [4.69, 9.17) is 0 Å². The number of rotatable bonds is 9. The molecule has 3 N–H and O–H groups in total. The van der Waals surface area contributed by atoms with Crippen molar-refractivity contribution >= 4 is 11.8 Å². The molecule has 0 aliphatic rings. The van der Waals surface area contributed by atoms with Crippen LogP contribution >= 0.6 is 0 Å². The molecule has 0 fully saturated rings. The second kappa shape index (κ2) is 9.88. The lowest BCUT2D eigenvalue weighted by atomic mass is 10.0. The van der Waals surface area contributed by atoms with E-state index in [9.17, 15) is 9.59 Å². The van der Waals surface area contributed by atoms with Crippen LogP contribution in [0.2, 0.25) is 0 Å². The van der Waals surface area contributed by atoms with E-state index in [1.807, 2.05) is 13.8 Å². The maximum atomic E-state index is 11.7. The monoisotopic (exact) mass is 257 g/mol. The fourth-order valence-corrected chi connectivity index (χ4v) is 1.61. The Labute approximate surface area is 110 Å². The molecule has 0 aromatic heterocycles. The Kier molecular flexibility index (Phi) is 9.28. The summed E-state index contributed by atoms with van der Waals surface area (Å²) >= 11 is 0. The molecule has 0 radical (unpaired) electrons. The van der Waals surface area contributed by atoms with E-state index in [0.29, 0.717) is 6.42 Å². The molecule has 0 aliphatic heterocycles. The van der Waals surface area contributed by atoms with E-state index in [2.05, 4.69) is 22.9 Å². The molecule has 5 heteroatoms. The average molecular weight is 257 g/mol. The smallest absolute Gasteiger partial charge is 0.242 e. The van der Waals surface area contributed by atoms with Gasteiger partial charge in [0.15, 0.2) is 0 Å². The second-order valence-corrected chi connectivity index (χ2v) is 4.76. The third kappa shape index (κ3) is 7.27. The van der Waals surface area contributed by atoms with E-state index in [1.54, 1.807) is 7.05 Å². The van der Waals surface area contributed by atoms with Crippen LogP contribution in [0.5, 0.6) is 0 Å². The van der Waals surface area contributed by atoms with Crippen LogP contribution in [0.4, 0.5) is 0 Å². The van der Waals surface area contributed by atoms with E-state index < -0.39 is 6.04 Å². The number of carbonyl (C=O) groups is 2. The fourth-order valence-electron chi connectivity index (χ4n) is 1.61. The molecule has 106 valence electrons. The predicted octanol–water partition coefficient (Wildman–Crippen LogP) is 0.653. The van der Waals surface area contributed by atoms with Crippen molar-refractivity contribution < 1.29 is 9.59 Å². The molecule has 0 bridgehead atoms. The van der Waals surface area contributed by atoms with Crippen LogP contribution in [0, 0.1) is 5.92 Å². The van der Waals surface area contributed by atoms with E-state index in [1.165, 1.54) is 0 Å². The zero-order chi connectivity index (χ0) is 14.0. The third-order valence-electron chi connectivity index (χ3n) is 2.70. The Morgan fingerprint density at radius 1 is 1.17 bits per heavy atom. The molecule has 0 spiro atoms. The highest BCUT2D eigenvalue weighted by atomic mass is 16.2. The zero-order valence-corrected chi connectivity index (χ0v) is 12.0. The Morgan fingerprint density at radius 3 is 2.33 bits per heavy atom. The summed E-state index contributed by atoms with van der Waals surface area (Å²) in [5.41, 5.74) is 0. The Bertz CT molecular complexity index is 255. The number of hydrogen-bond donors (Lipinski definition) is 3. The van der Waals surface area contributed by atoms with Gasteiger partial charge in [0.05, 0.1) is 0 Å². The quantitative estimate of drug-likeness (QED) is 0.531. The lowest BCUT2D eigenvalue weighted by Gasteiger charge is -2.20. The van der Waals surface area contributed by atoms with Crippen molar-refractivity contribution in [1.29, 1.82) is 0 Å². The fraction of sp³-hybridized carbons (Fsp3) is 0.846. The van der Waals surface area contributed by atoms with Gasteiger partial charge >= 0.3 is 0 Å². The van der Waals surface area contributed by atoms with Gasteiger partial charge in [-0.1, -0.05) is 20.8 Å². The third-order valence-corrected chi connectivity index (χ3v) is 2.70. The van der Waals surface area contributed by atoms with Crippen LogP contribution < -0.4 is 16.0 Å². The van der Waals surface area contributed by atoms with Crippen molar-refractivity contribution in [3.05, 3.63) is 0 Å². The highest BCUT2D eigenvalue weighted by Gasteiger charge is 2.22. The van der Waals surface area contributed by atoms with E-state index in [0.717, 1.165) is 25.9 Å². The summed E-state index contributed by atoms with van der Waals surface area (Å²) in [6, 6.07) is -0.439. The Hall–Kier alpha value is -1.10. The van der Waals surface area contributed by atoms with Crippen LogP contribution in [0.25, 0.3) is 0 Å². The van der Waals surface area contributed by atoms with Crippen molar-refractivity contribution in [2.75, 3.05) is 20.1 Å². The molecular weight excluding hydrogens is 230 g/mol. The molecule has 0 unspecified atom stereocenters. The number of carbonyl (C=O) groups excluding carboxylic acids is 2. The first-order chi connectivity index (χ1) is 8.52. The minimum atomic E-state index is -0.439. The van der Waals surface area contributed by atoms with Gasteiger partial charge in [0.1, 0.15) is 6.04 Å². The molecule has 1 atom stereocenters. The first-order valence-corrected chi connectivity index (χ1v) is 6.74. The van der Waals surface area contributed by atoms with Gasteiger partial charge in [0, 0.05) is 13.5 Å². The summed E-state index contributed by atoms with van der Waals surface area (Å²) in [5, 5.41) is 8.59. The summed E-state index contributed by atoms with van der Waals surface area (Å²) in [5.74, 6) is -0.106. The molecule has 0 aliphatic carbocycles. The normalized spacial score (nSPS) is 12.3. The van der Waals surface area contributed by atoms with Crippen molar-refractivity contribution in [2.24, 2.45) is 5.92 Å². The summed E-state index contributed by atoms with van der Waals surface area (Å²) in [4.78, 5) is 23.3. The molecule has 2 amide bonds. The van der Waals surface area contributed by atoms with Gasteiger partial charge in [0.2, 0.25) is 11.8 Å². The standard InChI is InChI=1S/C13H27N3O2/c1-5-8-15-9-6-7-11(17)16-12(10(2)3)13(18)14-4/h10,12,15H,5-9H2,1-4H3,(H,14,18)(H,16,17)/t12-/m0/s1. The molecule has 0 heterocycles. The van der Waals surface area contributed by atoms with Crippen molar-refractivity contribution in [1.82, 2.24) is 16.0 Å². The van der Waals surface area contributed by atoms with Gasteiger partial charge in [-0.2, -0.15) is 0 Å². The molecule has 0 saturated carbocycles. The molecule has 0 aromatic carbocycles. The van der Waals surface area contributed by atoms with Crippen molar-refractivity contribution in [3.63, 3.8) is 0 Å². The maximum absolute atomic E-state index is 11.7. The molecule has 0 saturated heterocycles. The van der Waals surface area contributed by atoms with Gasteiger partial charge in [-0.3, -0.25) is 9.59 Å². The van der Waals surface area contributed by atoms with Crippen molar-refractivity contribution in [3.8, 4) is 0 Å². The Morgan fingerprint density at radius 2 is 1.83 bits per heavy atom. The van der Waals surface area contributed by atoms with Gasteiger partial charge in [0.25, 0.3) is 0 Å². The molecule has 5 nitrogen and oxygen atoms in total. The van der Waals surface area contributed by atoms with Crippen LogP contribution in [0.3, 0.4) is 0 Å².